The van der Waals surface area contributed by atoms with E-state index in [0.717, 1.165) is 11.1 Å². The molecule has 0 aliphatic heterocycles. The van der Waals surface area contributed by atoms with Crippen LogP contribution in [0.5, 0.6) is 11.5 Å². The third-order valence-electron chi connectivity index (χ3n) is 2.96. The molecule has 0 bridgehead atoms. The highest BCUT2D eigenvalue weighted by Crippen LogP contribution is 2.34. The Hall–Kier alpha value is -2.00. The third kappa shape index (κ3) is 2.71. The zero-order chi connectivity index (χ0) is 14.0. The van der Waals surface area contributed by atoms with E-state index in [-0.39, 0.29) is 16.3 Å². The second kappa shape index (κ2) is 5.33. The van der Waals surface area contributed by atoms with Gasteiger partial charge in [-0.15, -0.1) is 0 Å². The third-order valence-corrected chi connectivity index (χ3v) is 3.26. The summed E-state index contributed by atoms with van der Waals surface area (Å²) < 4.78 is 5.70. The summed E-state index contributed by atoms with van der Waals surface area (Å²) in [5.74, 6) is -0.288. The van der Waals surface area contributed by atoms with Gasteiger partial charge in [-0.2, -0.15) is 0 Å². The van der Waals surface area contributed by atoms with Gasteiger partial charge in [-0.3, -0.25) is 0 Å². The Kier molecular flexibility index (Phi) is 3.76. The summed E-state index contributed by atoms with van der Waals surface area (Å²) in [7, 11) is 0. The topological polar surface area (TPSA) is 46.5 Å². The summed E-state index contributed by atoms with van der Waals surface area (Å²) in [5, 5.41) is 9.43. The smallest absolute Gasteiger partial charge is 0.339 e. The zero-order valence-corrected chi connectivity index (χ0v) is 11.4. The largest absolute Gasteiger partial charge is 0.478 e. The highest BCUT2D eigenvalue weighted by atomic mass is 35.5. The fourth-order valence-corrected chi connectivity index (χ4v) is 1.94. The van der Waals surface area contributed by atoms with Gasteiger partial charge in [0.15, 0.2) is 5.75 Å². The van der Waals surface area contributed by atoms with Crippen LogP contribution in [0.3, 0.4) is 0 Å². The van der Waals surface area contributed by atoms with Crippen molar-refractivity contribution in [2.75, 3.05) is 0 Å². The van der Waals surface area contributed by atoms with Gasteiger partial charge in [0.1, 0.15) is 11.3 Å². The minimum atomic E-state index is -1.07. The van der Waals surface area contributed by atoms with E-state index in [0.29, 0.717) is 5.75 Å². The van der Waals surface area contributed by atoms with Gasteiger partial charge in [-0.25, -0.2) is 4.79 Å². The molecule has 3 nitrogen and oxygen atoms in total. The Bertz CT molecular complexity index is 635. The number of para-hydroxylation sites is 1. The van der Waals surface area contributed by atoms with Crippen LogP contribution in [0.2, 0.25) is 5.02 Å². The lowest BCUT2D eigenvalue weighted by atomic mass is 10.1. The number of halogens is 1. The van der Waals surface area contributed by atoms with Crippen LogP contribution >= 0.6 is 11.6 Å². The van der Waals surface area contributed by atoms with Gasteiger partial charge in [0.2, 0.25) is 0 Å². The Balaban J connectivity index is 2.49. The van der Waals surface area contributed by atoms with E-state index in [2.05, 4.69) is 0 Å². The van der Waals surface area contributed by atoms with E-state index in [1.54, 1.807) is 18.2 Å². The molecule has 2 aromatic carbocycles. The Morgan fingerprint density at radius 1 is 1.16 bits per heavy atom. The van der Waals surface area contributed by atoms with E-state index in [1.807, 2.05) is 26.0 Å². The zero-order valence-electron chi connectivity index (χ0n) is 10.6. The molecule has 0 radical (unpaired) electrons. The first-order valence-electron chi connectivity index (χ1n) is 5.76. The summed E-state index contributed by atoms with van der Waals surface area (Å²) in [4.78, 5) is 11.2. The molecule has 2 aromatic rings. The molecule has 4 heteroatoms. The number of ether oxygens (including phenoxy) is 1. The van der Waals surface area contributed by atoms with Crippen molar-refractivity contribution in [3.63, 3.8) is 0 Å². The van der Waals surface area contributed by atoms with Crippen LogP contribution < -0.4 is 4.74 Å². The summed E-state index contributed by atoms with van der Waals surface area (Å²) >= 11 is 6.03. The maximum Gasteiger partial charge on any atom is 0.339 e. The molecule has 0 atom stereocenters. The van der Waals surface area contributed by atoms with Crippen molar-refractivity contribution in [2.24, 2.45) is 0 Å². The fraction of sp³-hybridized carbons (Fsp3) is 0.133. The quantitative estimate of drug-likeness (QED) is 0.901. The van der Waals surface area contributed by atoms with E-state index < -0.39 is 5.97 Å². The van der Waals surface area contributed by atoms with Crippen molar-refractivity contribution < 1.29 is 14.6 Å². The van der Waals surface area contributed by atoms with Gasteiger partial charge in [0.05, 0.1) is 5.02 Å². The number of carbonyl (C=O) groups is 1. The predicted molar refractivity (Wildman–Crippen MR) is 74.4 cm³/mol. The Labute approximate surface area is 116 Å². The molecule has 0 spiro atoms. The first kappa shape index (κ1) is 13.4. The average Bonchev–Trinajstić information content (AvgIpc) is 2.36. The summed E-state index contributed by atoms with van der Waals surface area (Å²) in [6.07, 6.45) is 0. The van der Waals surface area contributed by atoms with Crippen molar-refractivity contribution in [3.05, 3.63) is 58.1 Å². The van der Waals surface area contributed by atoms with Crippen LogP contribution in [-0.4, -0.2) is 11.1 Å². The molecule has 0 unspecified atom stereocenters. The Morgan fingerprint density at radius 3 is 2.53 bits per heavy atom. The van der Waals surface area contributed by atoms with Crippen molar-refractivity contribution in [1.29, 1.82) is 0 Å². The van der Waals surface area contributed by atoms with Crippen LogP contribution in [0, 0.1) is 13.8 Å². The van der Waals surface area contributed by atoms with Crippen LogP contribution in [0.15, 0.2) is 36.4 Å². The van der Waals surface area contributed by atoms with Gasteiger partial charge >= 0.3 is 5.97 Å². The Morgan fingerprint density at radius 2 is 1.84 bits per heavy atom. The predicted octanol–water partition coefficient (Wildman–Crippen LogP) is 4.45. The van der Waals surface area contributed by atoms with Gasteiger partial charge in [0, 0.05) is 0 Å². The van der Waals surface area contributed by atoms with Crippen molar-refractivity contribution in [2.45, 2.75) is 13.8 Å². The second-order valence-electron chi connectivity index (χ2n) is 4.22. The van der Waals surface area contributed by atoms with Crippen LogP contribution in [0.25, 0.3) is 0 Å². The molecule has 0 saturated carbocycles. The van der Waals surface area contributed by atoms with Crippen molar-refractivity contribution in [1.82, 2.24) is 0 Å². The highest BCUT2D eigenvalue weighted by Gasteiger charge is 2.16. The van der Waals surface area contributed by atoms with E-state index in [1.165, 1.54) is 6.07 Å². The molecule has 0 aliphatic carbocycles. The van der Waals surface area contributed by atoms with Gasteiger partial charge < -0.3 is 9.84 Å². The number of carboxylic acids is 1. The fourth-order valence-electron chi connectivity index (χ4n) is 1.73. The number of hydrogen-bond acceptors (Lipinski definition) is 2. The molecular weight excluding hydrogens is 264 g/mol. The molecule has 1 N–H and O–H groups in total. The first-order valence-corrected chi connectivity index (χ1v) is 6.14. The van der Waals surface area contributed by atoms with E-state index >= 15 is 0 Å². The SMILES string of the molecule is Cc1cccc(Oc2c(Cl)cccc2C(=O)O)c1C. The molecule has 0 saturated heterocycles. The highest BCUT2D eigenvalue weighted by molar-refractivity contribution is 6.32. The van der Waals surface area contributed by atoms with Crippen LogP contribution in [0.1, 0.15) is 21.5 Å². The number of carboxylic acid groups (broad SMARTS) is 1. The maximum atomic E-state index is 11.2. The number of rotatable bonds is 3. The molecule has 0 aliphatic rings. The minimum absolute atomic E-state index is 0.0495. The number of benzene rings is 2. The molecular formula is C15H13ClO3. The van der Waals surface area contributed by atoms with Gasteiger partial charge in [0.25, 0.3) is 0 Å². The summed E-state index contributed by atoms with van der Waals surface area (Å²) in [5.41, 5.74) is 2.08. The molecule has 0 fully saturated rings. The molecule has 0 heterocycles. The van der Waals surface area contributed by atoms with Crippen LogP contribution in [-0.2, 0) is 0 Å². The number of aryl methyl sites for hydroxylation is 1. The van der Waals surface area contributed by atoms with E-state index in [4.69, 9.17) is 21.4 Å². The first-order chi connectivity index (χ1) is 9.00. The average molecular weight is 277 g/mol. The number of aromatic carboxylic acids is 1. The van der Waals surface area contributed by atoms with Gasteiger partial charge in [-0.1, -0.05) is 29.8 Å². The lowest BCUT2D eigenvalue weighted by Gasteiger charge is -2.13. The molecule has 2 rings (SSSR count). The summed E-state index contributed by atoms with van der Waals surface area (Å²) in [6, 6.07) is 10.3. The van der Waals surface area contributed by atoms with Crippen LogP contribution in [0.4, 0.5) is 0 Å². The molecule has 0 aromatic heterocycles. The van der Waals surface area contributed by atoms with E-state index in [9.17, 15) is 4.79 Å². The maximum absolute atomic E-state index is 11.2. The lowest BCUT2D eigenvalue weighted by Crippen LogP contribution is -2.01. The minimum Gasteiger partial charge on any atom is -0.478 e. The standard InChI is InChI=1S/C15H13ClO3/c1-9-5-3-8-13(10(9)2)19-14-11(15(17)18)6-4-7-12(14)16/h3-8H,1-2H3,(H,17,18). The molecule has 0 amide bonds. The second-order valence-corrected chi connectivity index (χ2v) is 4.63. The monoisotopic (exact) mass is 276 g/mol. The van der Waals surface area contributed by atoms with Crippen molar-refractivity contribution in [3.8, 4) is 11.5 Å². The lowest BCUT2D eigenvalue weighted by molar-refractivity contribution is 0.0694. The molecule has 19 heavy (non-hydrogen) atoms. The summed E-state index contributed by atoms with van der Waals surface area (Å²) in [6.45, 7) is 3.88. The molecule has 98 valence electrons. The van der Waals surface area contributed by atoms with Gasteiger partial charge in [-0.05, 0) is 43.2 Å². The van der Waals surface area contributed by atoms with Crippen molar-refractivity contribution >= 4 is 17.6 Å². The number of hydrogen-bond donors (Lipinski definition) is 1. The normalized spacial score (nSPS) is 10.3.